The molecule has 1 aliphatic carbocycles. The van der Waals surface area contributed by atoms with Crippen LogP contribution in [0.5, 0.6) is 11.5 Å². The molecule has 0 unspecified atom stereocenters. The number of carbonyl (C=O) groups excluding carboxylic acids is 1. The van der Waals surface area contributed by atoms with Crippen LogP contribution in [0.3, 0.4) is 0 Å². The Labute approximate surface area is 187 Å². The number of aromatic hydroxyl groups is 1. The van der Waals surface area contributed by atoms with Gasteiger partial charge in [-0.3, -0.25) is 4.79 Å². The summed E-state index contributed by atoms with van der Waals surface area (Å²) in [6.45, 7) is 2.33. The van der Waals surface area contributed by atoms with Crippen LogP contribution in [-0.4, -0.2) is 17.5 Å². The van der Waals surface area contributed by atoms with Crippen molar-refractivity contribution in [2.24, 2.45) is 0 Å². The van der Waals surface area contributed by atoms with E-state index >= 15 is 0 Å². The van der Waals surface area contributed by atoms with Crippen LogP contribution >= 0.6 is 0 Å². The lowest BCUT2D eigenvalue weighted by Crippen LogP contribution is -2.26. The molecule has 5 nitrogen and oxygen atoms in total. The molecule has 1 aliphatic heterocycles. The van der Waals surface area contributed by atoms with Gasteiger partial charge in [0.2, 0.25) is 0 Å². The van der Waals surface area contributed by atoms with Crippen LogP contribution in [-0.2, 0) is 4.79 Å². The Balaban J connectivity index is 1.61. The molecule has 3 N–H and O–H groups in total. The van der Waals surface area contributed by atoms with E-state index in [1.54, 1.807) is 6.07 Å². The number of benzene rings is 3. The highest BCUT2D eigenvalue weighted by Gasteiger charge is 2.36. The topological polar surface area (TPSA) is 70.6 Å². The number of para-hydroxylation sites is 2. The minimum absolute atomic E-state index is 0.0936. The number of ketones is 1. The fourth-order valence-electron chi connectivity index (χ4n) is 4.68. The number of fused-ring (bicyclic) bond motifs is 1. The second-order valence-electron chi connectivity index (χ2n) is 8.24. The first kappa shape index (κ1) is 20.2. The Bertz CT molecular complexity index is 1190. The minimum atomic E-state index is -0.342. The lowest BCUT2D eigenvalue weighted by Gasteiger charge is -2.30. The molecular weight excluding hydrogens is 400 g/mol. The molecule has 32 heavy (non-hydrogen) atoms. The molecule has 5 heteroatoms. The van der Waals surface area contributed by atoms with Crippen molar-refractivity contribution in [2.45, 2.75) is 31.7 Å². The summed E-state index contributed by atoms with van der Waals surface area (Å²) in [5.41, 5.74) is 5.64. The average molecular weight is 427 g/mol. The molecule has 0 saturated heterocycles. The Kier molecular flexibility index (Phi) is 5.31. The molecule has 3 aromatic carbocycles. The maximum atomic E-state index is 13.6. The van der Waals surface area contributed by atoms with Crippen molar-refractivity contribution in [2.75, 3.05) is 17.2 Å². The van der Waals surface area contributed by atoms with Crippen LogP contribution in [0, 0.1) is 0 Å². The van der Waals surface area contributed by atoms with Crippen molar-refractivity contribution < 1.29 is 14.6 Å². The number of ether oxygens (including phenoxy) is 1. The van der Waals surface area contributed by atoms with E-state index in [0.29, 0.717) is 18.8 Å². The van der Waals surface area contributed by atoms with E-state index in [1.807, 2.05) is 61.5 Å². The highest BCUT2D eigenvalue weighted by molar-refractivity contribution is 6.01. The highest BCUT2D eigenvalue weighted by atomic mass is 16.5. The largest absolute Gasteiger partial charge is 0.504 e. The fraction of sp³-hybridized carbons (Fsp3) is 0.222. The van der Waals surface area contributed by atoms with Crippen LogP contribution in [0.15, 0.2) is 84.1 Å². The molecular formula is C27H26N2O3. The van der Waals surface area contributed by atoms with Gasteiger partial charge in [0.05, 0.1) is 24.0 Å². The summed E-state index contributed by atoms with van der Waals surface area (Å²) in [6, 6.07) is 23.2. The molecule has 0 aromatic heterocycles. The van der Waals surface area contributed by atoms with Crippen LogP contribution in [0.2, 0.25) is 0 Å². The molecule has 0 spiro atoms. The van der Waals surface area contributed by atoms with Gasteiger partial charge in [0.1, 0.15) is 0 Å². The first-order valence-electron chi connectivity index (χ1n) is 11.0. The van der Waals surface area contributed by atoms with Crippen molar-refractivity contribution in [1.82, 2.24) is 0 Å². The number of hydrogen-bond donors (Lipinski definition) is 3. The average Bonchev–Trinajstić information content (AvgIpc) is 2.98. The first-order valence-corrected chi connectivity index (χ1v) is 11.0. The van der Waals surface area contributed by atoms with Crippen LogP contribution < -0.4 is 15.4 Å². The number of allylic oxidation sites excluding steroid dienone is 1. The summed E-state index contributed by atoms with van der Waals surface area (Å²) in [6.07, 6.45) is 1.23. The number of anilines is 2. The molecule has 0 radical (unpaired) electrons. The predicted molar refractivity (Wildman–Crippen MR) is 126 cm³/mol. The van der Waals surface area contributed by atoms with E-state index < -0.39 is 0 Å². The van der Waals surface area contributed by atoms with Gasteiger partial charge in [-0.1, -0.05) is 48.5 Å². The van der Waals surface area contributed by atoms with E-state index in [-0.39, 0.29) is 23.5 Å². The van der Waals surface area contributed by atoms with Gasteiger partial charge in [-0.05, 0) is 54.7 Å². The third-order valence-electron chi connectivity index (χ3n) is 6.20. The lowest BCUT2D eigenvalue weighted by molar-refractivity contribution is -0.116. The molecule has 0 bridgehead atoms. The second-order valence-corrected chi connectivity index (χ2v) is 8.24. The molecule has 0 amide bonds. The van der Waals surface area contributed by atoms with Gasteiger partial charge >= 0.3 is 0 Å². The molecule has 162 valence electrons. The van der Waals surface area contributed by atoms with E-state index in [0.717, 1.165) is 34.6 Å². The van der Waals surface area contributed by atoms with E-state index in [9.17, 15) is 9.90 Å². The van der Waals surface area contributed by atoms with Gasteiger partial charge < -0.3 is 20.5 Å². The Hall–Kier alpha value is -3.73. The molecule has 5 rings (SSSR count). The maximum Gasteiger partial charge on any atom is 0.163 e. The van der Waals surface area contributed by atoms with Crippen molar-refractivity contribution in [1.29, 1.82) is 0 Å². The van der Waals surface area contributed by atoms with Crippen molar-refractivity contribution in [3.05, 3.63) is 95.2 Å². The van der Waals surface area contributed by atoms with Crippen molar-refractivity contribution in [3.63, 3.8) is 0 Å². The van der Waals surface area contributed by atoms with Crippen LogP contribution in [0.4, 0.5) is 11.4 Å². The third-order valence-corrected chi connectivity index (χ3v) is 6.20. The predicted octanol–water partition coefficient (Wildman–Crippen LogP) is 5.77. The maximum absolute atomic E-state index is 13.6. The summed E-state index contributed by atoms with van der Waals surface area (Å²) in [5, 5.41) is 17.3. The zero-order chi connectivity index (χ0) is 22.1. The fourth-order valence-corrected chi connectivity index (χ4v) is 4.68. The van der Waals surface area contributed by atoms with Gasteiger partial charge in [-0.2, -0.15) is 0 Å². The molecule has 1 heterocycles. The zero-order valence-electron chi connectivity index (χ0n) is 18.0. The van der Waals surface area contributed by atoms with Crippen LogP contribution in [0.1, 0.15) is 42.9 Å². The summed E-state index contributed by atoms with van der Waals surface area (Å²) in [5.74, 6) is 0.782. The quantitative estimate of drug-likeness (QED) is 0.494. The van der Waals surface area contributed by atoms with E-state index in [4.69, 9.17) is 4.74 Å². The molecule has 2 aliphatic rings. The van der Waals surface area contributed by atoms with Crippen molar-refractivity contribution >= 4 is 17.2 Å². The Morgan fingerprint density at radius 3 is 2.47 bits per heavy atom. The highest BCUT2D eigenvalue weighted by Crippen LogP contribution is 2.45. The number of rotatable bonds is 4. The van der Waals surface area contributed by atoms with Gasteiger partial charge in [0.25, 0.3) is 0 Å². The SMILES string of the molecule is CCOc1cc([C@H]2Nc3ccccc3NC3=C2C(=O)C[C@H](c2ccccc2)C3)ccc1O. The van der Waals surface area contributed by atoms with E-state index in [2.05, 4.69) is 22.8 Å². The van der Waals surface area contributed by atoms with Gasteiger partial charge in [0, 0.05) is 17.7 Å². The monoisotopic (exact) mass is 426 g/mol. The first-order chi connectivity index (χ1) is 15.6. The van der Waals surface area contributed by atoms with Gasteiger partial charge in [-0.25, -0.2) is 0 Å². The second kappa shape index (κ2) is 8.42. The number of phenolic OH excluding ortho intramolecular Hbond substituents is 1. The summed E-state index contributed by atoms with van der Waals surface area (Å²) < 4.78 is 5.61. The summed E-state index contributed by atoms with van der Waals surface area (Å²) >= 11 is 0. The number of hydrogen-bond acceptors (Lipinski definition) is 5. The molecule has 0 saturated carbocycles. The minimum Gasteiger partial charge on any atom is -0.504 e. The molecule has 2 atom stereocenters. The molecule has 3 aromatic rings. The third kappa shape index (κ3) is 3.71. The van der Waals surface area contributed by atoms with Crippen LogP contribution in [0.25, 0.3) is 0 Å². The summed E-state index contributed by atoms with van der Waals surface area (Å²) in [4.78, 5) is 13.6. The van der Waals surface area contributed by atoms with Gasteiger partial charge in [-0.15, -0.1) is 0 Å². The number of Topliss-reactive ketones (excluding diaryl/α,β-unsaturated/α-hetero) is 1. The van der Waals surface area contributed by atoms with Gasteiger partial charge in [0.15, 0.2) is 17.3 Å². The summed E-state index contributed by atoms with van der Waals surface area (Å²) in [7, 11) is 0. The number of carbonyl (C=O) groups is 1. The van der Waals surface area contributed by atoms with E-state index in [1.165, 1.54) is 5.56 Å². The smallest absolute Gasteiger partial charge is 0.163 e. The number of phenols is 1. The Morgan fingerprint density at radius 2 is 1.69 bits per heavy atom. The zero-order valence-corrected chi connectivity index (χ0v) is 18.0. The van der Waals surface area contributed by atoms with Crippen molar-refractivity contribution in [3.8, 4) is 11.5 Å². The Morgan fingerprint density at radius 1 is 0.938 bits per heavy atom. The number of nitrogens with one attached hydrogen (secondary N) is 2. The normalized spacial score (nSPS) is 19.8. The lowest BCUT2D eigenvalue weighted by atomic mass is 9.78. The molecule has 0 fully saturated rings. The standard InChI is InChI=1S/C27H26N2O3/c1-2-32-25-16-18(12-13-23(25)30)27-26-22(28-20-10-6-7-11-21(20)29-27)14-19(15-24(26)31)17-8-4-3-5-9-17/h3-13,16,19,27-30H,2,14-15H2,1H3/t19-,27-/m1/s1.